The highest BCUT2D eigenvalue weighted by molar-refractivity contribution is 7.93. The number of hydrogen-bond acceptors (Lipinski definition) is 11. The topological polar surface area (TPSA) is 175 Å². The lowest BCUT2D eigenvalue weighted by molar-refractivity contribution is -0.117. The Balaban J connectivity index is 0.789. The zero-order chi connectivity index (χ0) is 49.5. The molecule has 6 aromatic rings. The molecule has 15 nitrogen and oxygen atoms in total. The number of nitrogens with one attached hydrogen (secondary N) is 2. The summed E-state index contributed by atoms with van der Waals surface area (Å²) in [5.74, 6) is -0.413. The molecule has 1 amide bonds. The van der Waals surface area contributed by atoms with Crippen LogP contribution in [-0.2, 0) is 33.7 Å². The number of likely N-dealkylation sites (N-methyl/N-ethyl adjacent to an activating group) is 1. The summed E-state index contributed by atoms with van der Waals surface area (Å²) < 4.78 is 37.6. The maximum Gasteiger partial charge on any atom is 0.262 e. The molecule has 70 heavy (non-hydrogen) atoms. The minimum Gasteiger partial charge on any atom is -0.395 e. The van der Waals surface area contributed by atoms with Crippen LogP contribution < -0.4 is 19.8 Å². The number of hydrogen-bond donors (Lipinski definition) is 3. The van der Waals surface area contributed by atoms with E-state index in [1.807, 2.05) is 60.5 Å². The van der Waals surface area contributed by atoms with Gasteiger partial charge < -0.3 is 39.0 Å². The number of fused-ring (bicyclic) bond motifs is 2. The lowest BCUT2D eigenvalue weighted by Gasteiger charge is -2.36. The Kier molecular flexibility index (Phi) is 15.5. The number of amides is 1. The predicted molar refractivity (Wildman–Crippen MR) is 279 cm³/mol. The summed E-state index contributed by atoms with van der Waals surface area (Å²) in [6, 6.07) is 37.6. The standard InChI is InChI=1S/C54H62N10O5S/c1-38(49-14-16-51(60(49)4)44-8-6-42-34-46(12-10-40(42)32-44)63-24-20-59(3)21-25-63)48(36-55)54(66)57-19-30-69-31-28-62-22-26-64(27-23-62)47-13-11-41-33-45(9-7-43(41)35-47)52-17-15-50(61(52)5)39(2)53(37-56)70(67,68)58-18-29-65/h6-17,32-35,58,65H,18-31H2,1-5H3,(H,57,66)/b48-38+,53-39+. The summed E-state index contributed by atoms with van der Waals surface area (Å²) in [6.45, 7) is 12.5. The van der Waals surface area contributed by atoms with Crippen molar-refractivity contribution in [2.24, 2.45) is 14.1 Å². The van der Waals surface area contributed by atoms with Crippen molar-refractivity contribution in [3.8, 4) is 34.7 Å². The van der Waals surface area contributed by atoms with Crippen LogP contribution in [0.5, 0.6) is 0 Å². The number of anilines is 2. The summed E-state index contributed by atoms with van der Waals surface area (Å²) >= 11 is 0. The Hall–Kier alpha value is -6.76. The molecule has 4 heterocycles. The zero-order valence-corrected chi connectivity index (χ0v) is 41.5. The molecule has 0 unspecified atom stereocenters. The number of carbonyl (C=O) groups excluding carboxylic acids is 1. The van der Waals surface area contributed by atoms with E-state index in [0.717, 1.165) is 109 Å². The predicted octanol–water partition coefficient (Wildman–Crippen LogP) is 6.17. The van der Waals surface area contributed by atoms with Crippen LogP contribution in [0.4, 0.5) is 11.4 Å². The monoisotopic (exact) mass is 962 g/mol. The number of benzene rings is 4. The van der Waals surface area contributed by atoms with Gasteiger partial charge in [0.2, 0.25) is 0 Å². The molecule has 0 spiro atoms. The quantitative estimate of drug-likeness (QED) is 0.0542. The highest BCUT2D eigenvalue weighted by Gasteiger charge is 2.24. The number of aromatic nitrogens is 2. The highest BCUT2D eigenvalue weighted by atomic mass is 32.2. The lowest BCUT2D eigenvalue weighted by Crippen LogP contribution is -2.47. The second-order valence-corrected chi connectivity index (χ2v) is 19.8. The van der Waals surface area contributed by atoms with Gasteiger partial charge in [0.05, 0.1) is 19.8 Å². The molecule has 2 aromatic heterocycles. The number of aliphatic hydroxyl groups is 1. The average Bonchev–Trinajstić information content (AvgIpc) is 3.96. The lowest BCUT2D eigenvalue weighted by atomic mass is 10.0. The van der Waals surface area contributed by atoms with Crippen molar-refractivity contribution in [3.05, 3.63) is 119 Å². The van der Waals surface area contributed by atoms with Crippen molar-refractivity contribution in [1.82, 2.24) is 29.0 Å². The maximum atomic E-state index is 13.3. The van der Waals surface area contributed by atoms with Gasteiger partial charge in [0.1, 0.15) is 17.7 Å². The van der Waals surface area contributed by atoms with Crippen molar-refractivity contribution >= 4 is 60.0 Å². The zero-order valence-electron chi connectivity index (χ0n) is 40.7. The molecule has 8 rings (SSSR count). The molecule has 3 N–H and O–H groups in total. The molecular weight excluding hydrogens is 901 g/mol. The van der Waals surface area contributed by atoms with E-state index in [1.54, 1.807) is 6.92 Å². The molecule has 2 fully saturated rings. The van der Waals surface area contributed by atoms with Gasteiger partial charge in [-0.3, -0.25) is 9.69 Å². The van der Waals surface area contributed by atoms with Gasteiger partial charge in [-0.25, -0.2) is 13.1 Å². The number of aliphatic hydroxyl groups excluding tert-OH is 1. The van der Waals surface area contributed by atoms with Crippen molar-refractivity contribution in [3.63, 3.8) is 0 Å². The Morgan fingerprint density at radius 2 is 1.16 bits per heavy atom. The van der Waals surface area contributed by atoms with E-state index in [1.165, 1.54) is 11.1 Å². The number of piperazine rings is 2. The first-order valence-electron chi connectivity index (χ1n) is 23.8. The van der Waals surface area contributed by atoms with E-state index in [9.17, 15) is 23.7 Å². The van der Waals surface area contributed by atoms with Crippen LogP contribution in [0.2, 0.25) is 0 Å². The molecule has 0 bridgehead atoms. The van der Waals surface area contributed by atoms with Crippen LogP contribution in [0.1, 0.15) is 25.2 Å². The molecule has 16 heteroatoms. The Labute approximate surface area is 411 Å². The molecule has 0 radical (unpaired) electrons. The summed E-state index contributed by atoms with van der Waals surface area (Å²) in [5, 5.41) is 36.3. The van der Waals surface area contributed by atoms with E-state index in [4.69, 9.17) is 9.84 Å². The fraction of sp³-hybridized carbons (Fsp3) is 0.352. The Morgan fingerprint density at radius 1 is 0.643 bits per heavy atom. The molecule has 0 aliphatic carbocycles. The van der Waals surface area contributed by atoms with Crippen LogP contribution in [0.25, 0.3) is 55.2 Å². The van der Waals surface area contributed by atoms with Gasteiger partial charge in [-0.2, -0.15) is 10.5 Å². The molecule has 2 saturated heterocycles. The van der Waals surface area contributed by atoms with Crippen LogP contribution >= 0.6 is 0 Å². The van der Waals surface area contributed by atoms with Gasteiger partial charge >= 0.3 is 0 Å². The minimum atomic E-state index is -4.07. The van der Waals surface area contributed by atoms with Gasteiger partial charge in [-0.15, -0.1) is 0 Å². The van der Waals surface area contributed by atoms with Gasteiger partial charge in [-0.1, -0.05) is 36.4 Å². The Bertz CT molecular complexity index is 3160. The molecule has 0 saturated carbocycles. The SMILES string of the molecule is C/C(=C(/C#N)C(=O)NCCOCCN1CCN(c2ccc3cc(-c4ccc(/C(C)=C(\C#N)S(=O)(=O)NCCO)n4C)ccc3c2)CC1)c1ccc(-c2ccc3cc(N4CCN(C)CC4)ccc3c2)n1C. The summed E-state index contributed by atoms with van der Waals surface area (Å²) in [4.78, 5) is 22.5. The van der Waals surface area contributed by atoms with E-state index < -0.39 is 15.9 Å². The normalized spacial score (nSPS) is 15.7. The molecule has 2 aliphatic heterocycles. The minimum absolute atomic E-state index is 0.0843. The van der Waals surface area contributed by atoms with Crippen molar-refractivity contribution in [2.75, 3.05) is 109 Å². The third-order valence-electron chi connectivity index (χ3n) is 13.8. The van der Waals surface area contributed by atoms with E-state index in [-0.39, 0.29) is 23.6 Å². The third kappa shape index (κ3) is 10.8. The van der Waals surface area contributed by atoms with Crippen molar-refractivity contribution < 1.29 is 23.1 Å². The Morgan fingerprint density at radius 3 is 1.69 bits per heavy atom. The van der Waals surface area contributed by atoms with Gasteiger partial charge in [0.25, 0.3) is 15.9 Å². The van der Waals surface area contributed by atoms with E-state index in [0.29, 0.717) is 36.6 Å². The van der Waals surface area contributed by atoms with Crippen molar-refractivity contribution in [2.45, 2.75) is 13.8 Å². The van der Waals surface area contributed by atoms with Crippen LogP contribution in [0.3, 0.4) is 0 Å². The number of nitriles is 2. The number of sulfonamides is 1. The van der Waals surface area contributed by atoms with E-state index >= 15 is 0 Å². The number of rotatable bonds is 17. The molecular formula is C54H62N10O5S. The second kappa shape index (κ2) is 21.9. The van der Waals surface area contributed by atoms with E-state index in [2.05, 4.69) is 116 Å². The number of carbonyl (C=O) groups is 1. The second-order valence-electron chi connectivity index (χ2n) is 18.1. The number of nitrogens with zero attached hydrogens (tertiary/aromatic N) is 8. The third-order valence-corrected chi connectivity index (χ3v) is 15.3. The van der Waals surface area contributed by atoms with Crippen molar-refractivity contribution in [1.29, 1.82) is 10.5 Å². The first-order valence-corrected chi connectivity index (χ1v) is 25.3. The largest absolute Gasteiger partial charge is 0.395 e. The van der Waals surface area contributed by atoms with Crippen LogP contribution in [0.15, 0.2) is 108 Å². The summed E-state index contributed by atoms with van der Waals surface area (Å²) in [5.41, 5.74) is 8.76. The fourth-order valence-electron chi connectivity index (χ4n) is 9.60. The van der Waals surface area contributed by atoms with Gasteiger partial charge in [-0.05, 0) is 120 Å². The highest BCUT2D eigenvalue weighted by Crippen LogP contribution is 2.33. The average molecular weight is 963 g/mol. The number of allylic oxidation sites excluding steroid dienone is 3. The summed E-state index contributed by atoms with van der Waals surface area (Å²) in [7, 11) is 1.91. The molecule has 2 aliphatic rings. The molecule has 364 valence electrons. The van der Waals surface area contributed by atoms with Gasteiger partial charge in [0.15, 0.2) is 4.91 Å². The molecule has 4 aromatic carbocycles. The fourth-order valence-corrected chi connectivity index (χ4v) is 10.7. The van der Waals surface area contributed by atoms with Gasteiger partial charge in [0, 0.05) is 126 Å². The van der Waals surface area contributed by atoms with Crippen LogP contribution in [-0.4, -0.2) is 137 Å². The summed E-state index contributed by atoms with van der Waals surface area (Å²) in [6.07, 6.45) is 0. The number of ether oxygens (including phenoxy) is 1. The smallest absolute Gasteiger partial charge is 0.262 e. The molecule has 0 atom stereocenters. The first-order chi connectivity index (χ1) is 33.8. The van der Waals surface area contributed by atoms with Crippen LogP contribution in [0, 0.1) is 22.7 Å². The maximum absolute atomic E-state index is 13.3. The first kappa shape index (κ1) is 49.7.